The number of pyridine rings is 1. The molecule has 0 atom stereocenters. The number of allylic oxidation sites excluding steroid dienone is 1. The molecule has 134 valence electrons. The second-order valence-electron chi connectivity index (χ2n) is 6.37. The third-order valence-corrected chi connectivity index (χ3v) is 4.87. The smallest absolute Gasteiger partial charge is 0.136 e. The molecule has 1 aromatic heterocycles. The Morgan fingerprint density at radius 2 is 1.85 bits per heavy atom. The van der Waals surface area contributed by atoms with Crippen molar-refractivity contribution in [2.24, 2.45) is 0 Å². The largest absolute Gasteiger partial charge is 0.378 e. The number of halogens is 1. The molecule has 5 heteroatoms. The molecule has 1 saturated heterocycles. The van der Waals surface area contributed by atoms with Crippen molar-refractivity contribution in [3.8, 4) is 6.07 Å². The van der Waals surface area contributed by atoms with Crippen LogP contribution in [0, 0.1) is 11.3 Å². The van der Waals surface area contributed by atoms with E-state index in [0.717, 1.165) is 40.9 Å². The molecular formula is C22H18ClN3O. The van der Waals surface area contributed by atoms with Crippen LogP contribution in [0.1, 0.15) is 11.1 Å². The minimum atomic E-state index is 0.582. The average Bonchev–Trinajstić information content (AvgIpc) is 2.73. The van der Waals surface area contributed by atoms with Gasteiger partial charge in [-0.05, 0) is 35.9 Å². The van der Waals surface area contributed by atoms with E-state index < -0.39 is 0 Å². The number of anilines is 1. The van der Waals surface area contributed by atoms with Crippen molar-refractivity contribution in [3.05, 3.63) is 70.7 Å². The average molecular weight is 376 g/mol. The zero-order valence-electron chi connectivity index (χ0n) is 14.7. The lowest BCUT2D eigenvalue weighted by Crippen LogP contribution is -2.37. The summed E-state index contributed by atoms with van der Waals surface area (Å²) >= 11 is 5.98. The maximum Gasteiger partial charge on any atom is 0.136 e. The van der Waals surface area contributed by atoms with Gasteiger partial charge in [-0.2, -0.15) is 5.26 Å². The summed E-state index contributed by atoms with van der Waals surface area (Å²) < 4.78 is 5.48. The van der Waals surface area contributed by atoms with Crippen LogP contribution in [0.4, 0.5) is 5.82 Å². The van der Waals surface area contributed by atoms with Crippen LogP contribution in [0.25, 0.3) is 22.6 Å². The van der Waals surface area contributed by atoms with Crippen LogP contribution in [-0.2, 0) is 4.74 Å². The normalized spacial score (nSPS) is 15.0. The highest BCUT2D eigenvalue weighted by Crippen LogP contribution is 2.28. The number of nitrogens with zero attached hydrogens (tertiary/aromatic N) is 3. The molecule has 27 heavy (non-hydrogen) atoms. The molecular weight excluding hydrogens is 358 g/mol. The molecule has 4 rings (SSSR count). The highest BCUT2D eigenvalue weighted by molar-refractivity contribution is 6.30. The number of benzene rings is 2. The van der Waals surface area contributed by atoms with Crippen LogP contribution in [0.3, 0.4) is 0 Å². The molecule has 2 aromatic carbocycles. The monoisotopic (exact) mass is 375 g/mol. The summed E-state index contributed by atoms with van der Waals surface area (Å²) in [7, 11) is 0. The molecule has 1 aliphatic heterocycles. The van der Waals surface area contributed by atoms with Gasteiger partial charge in [-0.3, -0.25) is 0 Å². The van der Waals surface area contributed by atoms with Crippen LogP contribution in [0.2, 0.25) is 5.02 Å². The Bertz CT molecular complexity index is 1030. The van der Waals surface area contributed by atoms with E-state index in [4.69, 9.17) is 21.3 Å². The fourth-order valence-electron chi connectivity index (χ4n) is 3.22. The van der Waals surface area contributed by atoms with Gasteiger partial charge in [-0.25, -0.2) is 4.98 Å². The van der Waals surface area contributed by atoms with Crippen LogP contribution < -0.4 is 4.90 Å². The maximum absolute atomic E-state index is 9.72. The van der Waals surface area contributed by atoms with Gasteiger partial charge in [-0.15, -0.1) is 0 Å². The Hall–Kier alpha value is -2.87. The number of aromatic nitrogens is 1. The Kier molecular flexibility index (Phi) is 5.06. The topological polar surface area (TPSA) is 49.2 Å². The molecule has 2 heterocycles. The highest BCUT2D eigenvalue weighted by atomic mass is 35.5. The lowest BCUT2D eigenvalue weighted by molar-refractivity contribution is 0.122. The summed E-state index contributed by atoms with van der Waals surface area (Å²) in [5.41, 5.74) is 3.30. The number of nitriles is 1. The van der Waals surface area contributed by atoms with Gasteiger partial charge in [0.05, 0.1) is 30.4 Å². The van der Waals surface area contributed by atoms with Crippen molar-refractivity contribution in [2.75, 3.05) is 31.2 Å². The van der Waals surface area contributed by atoms with E-state index in [-0.39, 0.29) is 0 Å². The lowest BCUT2D eigenvalue weighted by Gasteiger charge is -2.29. The first kappa shape index (κ1) is 17.5. The zero-order valence-corrected chi connectivity index (χ0v) is 15.5. The first-order valence-corrected chi connectivity index (χ1v) is 9.22. The standard InChI is InChI=1S/C22H18ClN3O/c23-20-7-5-16(6-8-20)19(15-24)14-18-13-17-3-1-2-4-21(17)25-22(18)26-9-11-27-12-10-26/h1-8,13-14H,9-12H2/b19-14+. The molecule has 1 aliphatic rings. The van der Waals surface area contributed by atoms with E-state index in [2.05, 4.69) is 17.0 Å². The second-order valence-corrected chi connectivity index (χ2v) is 6.81. The molecule has 0 aliphatic carbocycles. The summed E-state index contributed by atoms with van der Waals surface area (Å²) in [5, 5.41) is 11.4. The third-order valence-electron chi connectivity index (χ3n) is 4.62. The van der Waals surface area contributed by atoms with Crippen molar-refractivity contribution in [2.45, 2.75) is 0 Å². The summed E-state index contributed by atoms with van der Waals surface area (Å²) in [6.07, 6.45) is 1.91. The second kappa shape index (κ2) is 7.79. The Morgan fingerprint density at radius 1 is 1.11 bits per heavy atom. The van der Waals surface area contributed by atoms with Gasteiger partial charge < -0.3 is 9.64 Å². The van der Waals surface area contributed by atoms with Gasteiger partial charge in [0.25, 0.3) is 0 Å². The highest BCUT2D eigenvalue weighted by Gasteiger charge is 2.17. The zero-order chi connectivity index (χ0) is 18.6. The summed E-state index contributed by atoms with van der Waals surface area (Å²) in [4.78, 5) is 7.11. The van der Waals surface area contributed by atoms with Crippen molar-refractivity contribution in [1.29, 1.82) is 5.26 Å². The first-order chi connectivity index (χ1) is 13.2. The number of rotatable bonds is 3. The van der Waals surface area contributed by atoms with Gasteiger partial charge >= 0.3 is 0 Å². The van der Waals surface area contributed by atoms with E-state index in [0.29, 0.717) is 23.8 Å². The maximum atomic E-state index is 9.72. The van der Waals surface area contributed by atoms with Crippen LogP contribution in [0.5, 0.6) is 0 Å². The molecule has 0 N–H and O–H groups in total. The quantitative estimate of drug-likeness (QED) is 0.617. The SMILES string of the molecule is N#C/C(=C\c1cc2ccccc2nc1N1CCOCC1)c1ccc(Cl)cc1. The minimum Gasteiger partial charge on any atom is -0.378 e. The number of ether oxygens (including phenoxy) is 1. The Morgan fingerprint density at radius 3 is 2.59 bits per heavy atom. The number of hydrogen-bond acceptors (Lipinski definition) is 4. The van der Waals surface area contributed by atoms with E-state index in [1.165, 1.54) is 0 Å². The third kappa shape index (κ3) is 3.80. The molecule has 4 nitrogen and oxygen atoms in total. The first-order valence-electron chi connectivity index (χ1n) is 8.85. The molecule has 0 spiro atoms. The number of fused-ring (bicyclic) bond motifs is 1. The summed E-state index contributed by atoms with van der Waals surface area (Å²) in [6, 6.07) is 19.8. The Balaban J connectivity index is 1.85. The number of morpholine rings is 1. The predicted octanol–water partition coefficient (Wildman–Crippen LogP) is 4.79. The van der Waals surface area contributed by atoms with Crippen molar-refractivity contribution in [1.82, 2.24) is 4.98 Å². The van der Waals surface area contributed by atoms with Gasteiger partial charge in [0.2, 0.25) is 0 Å². The van der Waals surface area contributed by atoms with Gasteiger partial charge in [0.1, 0.15) is 5.82 Å². The number of hydrogen-bond donors (Lipinski definition) is 0. The van der Waals surface area contributed by atoms with Crippen molar-refractivity contribution in [3.63, 3.8) is 0 Å². The van der Waals surface area contributed by atoms with Crippen LogP contribution >= 0.6 is 11.6 Å². The van der Waals surface area contributed by atoms with Crippen LogP contribution in [0.15, 0.2) is 54.6 Å². The summed E-state index contributed by atoms with van der Waals surface area (Å²) in [5.74, 6) is 0.888. The molecule has 0 radical (unpaired) electrons. The van der Waals surface area contributed by atoms with E-state index in [1.54, 1.807) is 12.1 Å². The fraction of sp³-hybridized carbons (Fsp3) is 0.182. The Labute approximate surface area is 163 Å². The molecule has 3 aromatic rings. The van der Waals surface area contributed by atoms with Crippen molar-refractivity contribution < 1.29 is 4.74 Å². The summed E-state index contributed by atoms with van der Waals surface area (Å²) in [6.45, 7) is 2.93. The molecule has 0 unspecified atom stereocenters. The van der Waals surface area contributed by atoms with Gasteiger partial charge in [0, 0.05) is 29.1 Å². The molecule has 0 amide bonds. The fourth-order valence-corrected chi connectivity index (χ4v) is 3.35. The molecule has 1 fully saturated rings. The van der Waals surface area contributed by atoms with E-state index >= 15 is 0 Å². The predicted molar refractivity (Wildman–Crippen MR) is 110 cm³/mol. The van der Waals surface area contributed by atoms with Crippen molar-refractivity contribution >= 4 is 40.0 Å². The molecule has 0 saturated carbocycles. The van der Waals surface area contributed by atoms with Gasteiger partial charge in [-0.1, -0.05) is 41.9 Å². The lowest BCUT2D eigenvalue weighted by atomic mass is 10.0. The van der Waals surface area contributed by atoms with Crippen LogP contribution in [-0.4, -0.2) is 31.3 Å². The number of para-hydroxylation sites is 1. The van der Waals surface area contributed by atoms with Gasteiger partial charge in [0.15, 0.2) is 0 Å². The molecule has 0 bridgehead atoms. The van der Waals surface area contributed by atoms with E-state index in [9.17, 15) is 5.26 Å². The van der Waals surface area contributed by atoms with E-state index in [1.807, 2.05) is 42.5 Å². The minimum absolute atomic E-state index is 0.582.